The molecular weight excluding hydrogens is 252 g/mol. The maximum Gasteiger partial charge on any atom is 0.0501 e. The smallest absolute Gasteiger partial charge is 0.0501 e. The quantitative estimate of drug-likeness (QED) is 0.885. The van der Waals surface area contributed by atoms with E-state index in [1.807, 2.05) is 12.1 Å². The SMILES string of the molecule is CC1CC(CN)(Nc2ccccc2Br)C1. The first-order valence-electron chi connectivity index (χ1n) is 5.38. The van der Waals surface area contributed by atoms with Crippen molar-refractivity contribution in [3.05, 3.63) is 28.7 Å². The molecule has 1 aliphatic carbocycles. The third-order valence-electron chi connectivity index (χ3n) is 3.14. The summed E-state index contributed by atoms with van der Waals surface area (Å²) in [5.74, 6) is 0.795. The van der Waals surface area contributed by atoms with E-state index >= 15 is 0 Å². The summed E-state index contributed by atoms with van der Waals surface area (Å²) in [6.07, 6.45) is 2.34. The van der Waals surface area contributed by atoms with Crippen LogP contribution in [0.5, 0.6) is 0 Å². The highest BCUT2D eigenvalue weighted by molar-refractivity contribution is 9.10. The molecule has 0 radical (unpaired) electrons. The molecule has 0 atom stereocenters. The van der Waals surface area contributed by atoms with Crippen molar-refractivity contribution < 1.29 is 0 Å². The number of nitrogens with one attached hydrogen (secondary N) is 1. The normalized spacial score (nSPS) is 29.7. The lowest BCUT2D eigenvalue weighted by Crippen LogP contribution is -2.54. The van der Waals surface area contributed by atoms with Gasteiger partial charge in [-0.15, -0.1) is 0 Å². The van der Waals surface area contributed by atoms with Crippen LogP contribution in [0.3, 0.4) is 0 Å². The van der Waals surface area contributed by atoms with E-state index in [0.717, 1.165) is 16.1 Å². The number of hydrogen-bond donors (Lipinski definition) is 2. The Labute approximate surface area is 99.4 Å². The second-order valence-corrected chi connectivity index (χ2v) is 5.46. The minimum Gasteiger partial charge on any atom is -0.377 e. The molecule has 1 aliphatic rings. The highest BCUT2D eigenvalue weighted by Gasteiger charge is 2.40. The van der Waals surface area contributed by atoms with E-state index in [1.165, 1.54) is 12.8 Å². The van der Waals surface area contributed by atoms with Crippen molar-refractivity contribution >= 4 is 21.6 Å². The van der Waals surface area contributed by atoms with Gasteiger partial charge in [0.05, 0.1) is 5.54 Å². The molecule has 0 saturated heterocycles. The van der Waals surface area contributed by atoms with Gasteiger partial charge >= 0.3 is 0 Å². The van der Waals surface area contributed by atoms with Crippen LogP contribution in [0.1, 0.15) is 19.8 Å². The first-order chi connectivity index (χ1) is 7.15. The first-order valence-corrected chi connectivity index (χ1v) is 6.17. The van der Waals surface area contributed by atoms with Crippen molar-refractivity contribution in [2.24, 2.45) is 11.7 Å². The molecule has 3 N–H and O–H groups in total. The van der Waals surface area contributed by atoms with Gasteiger partial charge in [-0.05, 0) is 46.8 Å². The average molecular weight is 269 g/mol. The number of hydrogen-bond acceptors (Lipinski definition) is 2. The summed E-state index contributed by atoms with van der Waals surface area (Å²) in [5, 5.41) is 3.57. The van der Waals surface area contributed by atoms with Crippen LogP contribution >= 0.6 is 15.9 Å². The molecule has 0 amide bonds. The summed E-state index contributed by atoms with van der Waals surface area (Å²) in [6, 6.07) is 8.20. The van der Waals surface area contributed by atoms with Crippen LogP contribution in [0.2, 0.25) is 0 Å². The van der Waals surface area contributed by atoms with Crippen LogP contribution in [-0.2, 0) is 0 Å². The Kier molecular flexibility index (Phi) is 3.03. The molecule has 1 aromatic rings. The van der Waals surface area contributed by atoms with Crippen LogP contribution in [0.4, 0.5) is 5.69 Å². The molecule has 1 aromatic carbocycles. The topological polar surface area (TPSA) is 38.0 Å². The van der Waals surface area contributed by atoms with Crippen molar-refractivity contribution in [3.8, 4) is 0 Å². The molecule has 1 saturated carbocycles. The zero-order chi connectivity index (χ0) is 10.9. The fourth-order valence-electron chi connectivity index (χ4n) is 2.44. The molecule has 3 heteroatoms. The molecule has 82 valence electrons. The lowest BCUT2D eigenvalue weighted by atomic mass is 9.69. The standard InChI is InChI=1S/C12H17BrN2/c1-9-6-12(7-9,8-14)15-11-5-3-2-4-10(11)13/h2-5,9,15H,6-8,14H2,1H3. The Balaban J connectivity index is 2.11. The monoisotopic (exact) mass is 268 g/mol. The summed E-state index contributed by atoms with van der Waals surface area (Å²) in [6.45, 7) is 2.98. The molecule has 2 nitrogen and oxygen atoms in total. The van der Waals surface area contributed by atoms with Crippen LogP contribution in [0, 0.1) is 5.92 Å². The fourth-order valence-corrected chi connectivity index (χ4v) is 2.83. The van der Waals surface area contributed by atoms with E-state index in [1.54, 1.807) is 0 Å². The van der Waals surface area contributed by atoms with Crippen LogP contribution in [0.15, 0.2) is 28.7 Å². The molecule has 2 rings (SSSR count). The van der Waals surface area contributed by atoms with Crippen molar-refractivity contribution in [3.63, 3.8) is 0 Å². The predicted molar refractivity (Wildman–Crippen MR) is 67.9 cm³/mol. The minimum absolute atomic E-state index is 0.128. The van der Waals surface area contributed by atoms with Gasteiger partial charge in [0.2, 0.25) is 0 Å². The van der Waals surface area contributed by atoms with E-state index in [2.05, 4.69) is 40.3 Å². The summed E-state index contributed by atoms with van der Waals surface area (Å²) >= 11 is 3.54. The second-order valence-electron chi connectivity index (χ2n) is 4.60. The van der Waals surface area contributed by atoms with Crippen molar-refractivity contribution in [1.29, 1.82) is 0 Å². The minimum atomic E-state index is 0.128. The number of para-hydroxylation sites is 1. The first kappa shape index (κ1) is 11.0. The number of anilines is 1. The summed E-state index contributed by atoms with van der Waals surface area (Å²) in [7, 11) is 0. The van der Waals surface area contributed by atoms with Crippen molar-refractivity contribution in [2.45, 2.75) is 25.3 Å². The molecule has 0 spiro atoms. The highest BCUT2D eigenvalue weighted by atomic mass is 79.9. The maximum absolute atomic E-state index is 5.85. The third kappa shape index (κ3) is 2.18. The van der Waals surface area contributed by atoms with Crippen LogP contribution in [0.25, 0.3) is 0 Å². The Hall–Kier alpha value is -0.540. The van der Waals surface area contributed by atoms with Gasteiger partial charge in [0.25, 0.3) is 0 Å². The Morgan fingerprint density at radius 1 is 1.47 bits per heavy atom. The summed E-state index contributed by atoms with van der Waals surface area (Å²) in [4.78, 5) is 0. The molecular formula is C12H17BrN2. The Morgan fingerprint density at radius 3 is 2.67 bits per heavy atom. The second kappa shape index (κ2) is 4.14. The zero-order valence-corrected chi connectivity index (χ0v) is 10.5. The van der Waals surface area contributed by atoms with Crippen molar-refractivity contribution in [1.82, 2.24) is 0 Å². The van der Waals surface area contributed by atoms with Gasteiger partial charge in [0, 0.05) is 16.7 Å². The lowest BCUT2D eigenvalue weighted by molar-refractivity contribution is 0.194. The molecule has 0 heterocycles. The summed E-state index contributed by atoms with van der Waals surface area (Å²) in [5.41, 5.74) is 7.13. The Bertz CT molecular complexity index is 345. The van der Waals surface area contributed by atoms with E-state index in [-0.39, 0.29) is 5.54 Å². The average Bonchev–Trinajstić information content (AvgIpc) is 2.18. The molecule has 0 bridgehead atoms. The van der Waals surface area contributed by atoms with E-state index in [9.17, 15) is 0 Å². The van der Waals surface area contributed by atoms with E-state index < -0.39 is 0 Å². The van der Waals surface area contributed by atoms with Gasteiger partial charge in [0.1, 0.15) is 0 Å². The van der Waals surface area contributed by atoms with E-state index in [0.29, 0.717) is 6.54 Å². The molecule has 0 aromatic heterocycles. The van der Waals surface area contributed by atoms with Gasteiger partial charge in [-0.25, -0.2) is 0 Å². The van der Waals surface area contributed by atoms with Crippen LogP contribution in [-0.4, -0.2) is 12.1 Å². The van der Waals surface area contributed by atoms with E-state index in [4.69, 9.17) is 5.73 Å². The van der Waals surface area contributed by atoms with Gasteiger partial charge in [0.15, 0.2) is 0 Å². The lowest BCUT2D eigenvalue weighted by Gasteiger charge is -2.47. The van der Waals surface area contributed by atoms with Gasteiger partial charge < -0.3 is 11.1 Å². The number of nitrogens with two attached hydrogens (primary N) is 1. The van der Waals surface area contributed by atoms with Crippen molar-refractivity contribution in [2.75, 3.05) is 11.9 Å². The predicted octanol–water partition coefficient (Wildman–Crippen LogP) is 2.99. The molecule has 0 aliphatic heterocycles. The highest BCUT2D eigenvalue weighted by Crippen LogP contribution is 2.40. The zero-order valence-electron chi connectivity index (χ0n) is 8.96. The van der Waals surface area contributed by atoms with Crippen LogP contribution < -0.4 is 11.1 Å². The van der Waals surface area contributed by atoms with Gasteiger partial charge in [-0.3, -0.25) is 0 Å². The number of benzene rings is 1. The molecule has 15 heavy (non-hydrogen) atoms. The number of halogens is 1. The largest absolute Gasteiger partial charge is 0.377 e. The maximum atomic E-state index is 5.85. The number of rotatable bonds is 3. The molecule has 1 fully saturated rings. The fraction of sp³-hybridized carbons (Fsp3) is 0.500. The molecule has 0 unspecified atom stereocenters. The Morgan fingerprint density at radius 2 is 2.13 bits per heavy atom. The third-order valence-corrected chi connectivity index (χ3v) is 3.83. The van der Waals surface area contributed by atoms with Gasteiger partial charge in [-0.1, -0.05) is 19.1 Å². The van der Waals surface area contributed by atoms with Gasteiger partial charge in [-0.2, -0.15) is 0 Å². The summed E-state index contributed by atoms with van der Waals surface area (Å²) < 4.78 is 1.11.